The molecular formula is C23H23NO3S. The highest BCUT2D eigenvalue weighted by Gasteiger charge is 2.13. The molecule has 0 amide bonds. The number of Topliss-reactive ketones (excluding diaryl/α,β-unsaturated/α-hetero) is 1. The Morgan fingerprint density at radius 3 is 2.46 bits per heavy atom. The molecule has 28 heavy (non-hydrogen) atoms. The summed E-state index contributed by atoms with van der Waals surface area (Å²) in [6, 6.07) is 15.1. The minimum absolute atomic E-state index is 0.0368. The Hall–Kier alpha value is -2.92. The van der Waals surface area contributed by atoms with E-state index in [0.29, 0.717) is 14.8 Å². The van der Waals surface area contributed by atoms with E-state index in [-0.39, 0.29) is 16.8 Å². The van der Waals surface area contributed by atoms with Gasteiger partial charge in [0.2, 0.25) is 0 Å². The highest BCUT2D eigenvalue weighted by atomic mass is 32.1. The summed E-state index contributed by atoms with van der Waals surface area (Å²) in [6.45, 7) is 6.39. The quantitative estimate of drug-likeness (QED) is 0.693. The van der Waals surface area contributed by atoms with Crippen LogP contribution in [0.2, 0.25) is 0 Å². The van der Waals surface area contributed by atoms with Crippen molar-refractivity contribution in [3.8, 4) is 5.75 Å². The zero-order valence-electron chi connectivity index (χ0n) is 16.4. The molecule has 0 saturated carbocycles. The largest absolute Gasteiger partial charge is 0.497 e. The lowest BCUT2D eigenvalue weighted by Crippen LogP contribution is -2.20. The summed E-state index contributed by atoms with van der Waals surface area (Å²) < 4.78 is 6.27. The first-order valence-electron chi connectivity index (χ1n) is 8.98. The molecule has 0 unspecified atom stereocenters. The van der Waals surface area contributed by atoms with Crippen LogP contribution >= 0.6 is 11.3 Å². The number of carbonyl (C=O) groups excluding carboxylic acids is 1. The molecule has 0 aliphatic heterocycles. The summed E-state index contributed by atoms with van der Waals surface area (Å²) in [5.41, 5.74) is 2.46. The molecule has 4 nitrogen and oxygen atoms in total. The second-order valence-electron chi connectivity index (χ2n) is 7.54. The van der Waals surface area contributed by atoms with Gasteiger partial charge in [-0.2, -0.15) is 0 Å². The molecule has 0 atom stereocenters. The number of benzene rings is 2. The second kappa shape index (κ2) is 7.98. The van der Waals surface area contributed by atoms with Gasteiger partial charge in [0.25, 0.3) is 5.56 Å². The molecule has 0 bridgehead atoms. The van der Waals surface area contributed by atoms with Gasteiger partial charge in [0.1, 0.15) is 5.75 Å². The molecule has 0 radical (unpaired) electrons. The molecule has 0 aliphatic carbocycles. The highest BCUT2D eigenvalue weighted by Crippen LogP contribution is 2.22. The first kappa shape index (κ1) is 19.8. The summed E-state index contributed by atoms with van der Waals surface area (Å²) in [7, 11) is 1.60. The molecule has 0 fully saturated rings. The SMILES string of the molecule is COc1cccc(/C=c2\s/c(=C\C(=O)c3ccc(C(C)(C)C)cc3)[nH]c2=O)c1. The van der Waals surface area contributed by atoms with Gasteiger partial charge in [0, 0.05) is 11.6 Å². The summed E-state index contributed by atoms with van der Waals surface area (Å²) in [4.78, 5) is 27.5. The van der Waals surface area contributed by atoms with Gasteiger partial charge in [0.05, 0.1) is 16.3 Å². The lowest BCUT2D eigenvalue weighted by Gasteiger charge is -2.18. The molecular weight excluding hydrogens is 370 g/mol. The van der Waals surface area contributed by atoms with Crippen molar-refractivity contribution in [3.05, 3.63) is 84.8 Å². The van der Waals surface area contributed by atoms with Gasteiger partial charge in [-0.3, -0.25) is 9.59 Å². The molecule has 1 heterocycles. The van der Waals surface area contributed by atoms with Crippen LogP contribution in [0.3, 0.4) is 0 Å². The fourth-order valence-corrected chi connectivity index (χ4v) is 3.63. The molecule has 144 valence electrons. The predicted octanol–water partition coefficient (Wildman–Crippen LogP) is 3.23. The van der Waals surface area contributed by atoms with Gasteiger partial charge < -0.3 is 9.72 Å². The Labute approximate surface area is 167 Å². The van der Waals surface area contributed by atoms with Crippen molar-refractivity contribution >= 4 is 29.3 Å². The lowest BCUT2D eigenvalue weighted by atomic mass is 9.86. The van der Waals surface area contributed by atoms with E-state index in [2.05, 4.69) is 25.8 Å². The molecule has 5 heteroatoms. The Morgan fingerprint density at radius 1 is 1.11 bits per heavy atom. The topological polar surface area (TPSA) is 59.2 Å². The van der Waals surface area contributed by atoms with Gasteiger partial charge in [-0.25, -0.2) is 0 Å². The summed E-state index contributed by atoms with van der Waals surface area (Å²) in [5, 5.41) is 0. The van der Waals surface area contributed by atoms with Crippen LogP contribution in [-0.2, 0) is 5.41 Å². The number of hydrogen-bond acceptors (Lipinski definition) is 4. The van der Waals surface area contributed by atoms with E-state index in [0.717, 1.165) is 11.3 Å². The van der Waals surface area contributed by atoms with Crippen molar-refractivity contribution in [2.45, 2.75) is 26.2 Å². The molecule has 2 aromatic carbocycles. The van der Waals surface area contributed by atoms with E-state index in [1.54, 1.807) is 13.2 Å². The van der Waals surface area contributed by atoms with Crippen molar-refractivity contribution in [1.82, 2.24) is 4.98 Å². The van der Waals surface area contributed by atoms with E-state index in [1.807, 2.05) is 48.5 Å². The van der Waals surface area contributed by atoms with Crippen LogP contribution in [0.1, 0.15) is 42.3 Å². The van der Waals surface area contributed by atoms with Gasteiger partial charge in [-0.1, -0.05) is 57.2 Å². The summed E-state index contributed by atoms with van der Waals surface area (Å²) >= 11 is 1.26. The Bertz CT molecular complexity index is 1160. The molecule has 0 saturated heterocycles. The molecule has 3 aromatic rings. The van der Waals surface area contributed by atoms with Crippen LogP contribution in [0.5, 0.6) is 5.75 Å². The highest BCUT2D eigenvalue weighted by molar-refractivity contribution is 7.07. The van der Waals surface area contributed by atoms with Crippen molar-refractivity contribution in [3.63, 3.8) is 0 Å². The maximum absolute atomic E-state index is 12.5. The van der Waals surface area contributed by atoms with Crippen LogP contribution < -0.4 is 19.5 Å². The van der Waals surface area contributed by atoms with Gasteiger partial charge in [-0.15, -0.1) is 11.3 Å². The van der Waals surface area contributed by atoms with Crippen LogP contribution in [-0.4, -0.2) is 17.9 Å². The molecule has 3 rings (SSSR count). The third-order valence-corrected chi connectivity index (χ3v) is 5.33. The van der Waals surface area contributed by atoms with Gasteiger partial charge >= 0.3 is 0 Å². The normalized spacial score (nSPS) is 13.0. The molecule has 1 N–H and O–H groups in total. The van der Waals surface area contributed by atoms with Crippen molar-refractivity contribution in [2.75, 3.05) is 7.11 Å². The van der Waals surface area contributed by atoms with Crippen LogP contribution in [0.15, 0.2) is 53.3 Å². The number of methoxy groups -OCH3 is 1. The Balaban J connectivity index is 1.91. The second-order valence-corrected chi connectivity index (χ2v) is 8.63. The fourth-order valence-electron chi connectivity index (χ4n) is 2.74. The van der Waals surface area contributed by atoms with E-state index in [9.17, 15) is 9.59 Å². The Kier molecular flexibility index (Phi) is 5.66. The minimum atomic E-state index is -0.213. The van der Waals surface area contributed by atoms with E-state index >= 15 is 0 Å². The smallest absolute Gasteiger partial charge is 0.266 e. The zero-order chi connectivity index (χ0) is 20.3. The number of nitrogens with one attached hydrogen (secondary N) is 1. The van der Waals surface area contributed by atoms with Crippen molar-refractivity contribution in [2.24, 2.45) is 0 Å². The third-order valence-electron chi connectivity index (χ3n) is 4.37. The van der Waals surface area contributed by atoms with E-state index in [4.69, 9.17) is 4.74 Å². The number of aromatic amines is 1. The van der Waals surface area contributed by atoms with E-state index < -0.39 is 0 Å². The lowest BCUT2D eigenvalue weighted by molar-refractivity contribution is 0.106. The first-order chi connectivity index (χ1) is 13.3. The van der Waals surface area contributed by atoms with Crippen molar-refractivity contribution in [1.29, 1.82) is 0 Å². The molecule has 0 aliphatic rings. The maximum atomic E-state index is 12.5. The Morgan fingerprint density at radius 2 is 1.82 bits per heavy atom. The molecule has 0 spiro atoms. The fraction of sp³-hybridized carbons (Fsp3) is 0.217. The number of ketones is 1. The summed E-state index contributed by atoms with van der Waals surface area (Å²) in [6.07, 6.45) is 3.26. The maximum Gasteiger partial charge on any atom is 0.266 e. The third kappa shape index (κ3) is 4.67. The number of H-pyrrole nitrogens is 1. The van der Waals surface area contributed by atoms with Crippen LogP contribution in [0.4, 0.5) is 0 Å². The number of carbonyl (C=O) groups is 1. The average molecular weight is 394 g/mol. The monoisotopic (exact) mass is 393 g/mol. The minimum Gasteiger partial charge on any atom is -0.497 e. The summed E-state index contributed by atoms with van der Waals surface area (Å²) in [5.74, 6) is 0.591. The van der Waals surface area contributed by atoms with E-state index in [1.165, 1.54) is 23.0 Å². The zero-order valence-corrected chi connectivity index (χ0v) is 17.2. The number of ether oxygens (including phenoxy) is 1. The number of thiazole rings is 1. The van der Waals surface area contributed by atoms with Crippen LogP contribution in [0.25, 0.3) is 12.2 Å². The molecule has 1 aromatic heterocycles. The number of aromatic nitrogens is 1. The van der Waals surface area contributed by atoms with Gasteiger partial charge in [0.15, 0.2) is 5.78 Å². The first-order valence-corrected chi connectivity index (χ1v) is 9.79. The van der Waals surface area contributed by atoms with Gasteiger partial charge in [-0.05, 0) is 34.8 Å². The average Bonchev–Trinajstić information content (AvgIpc) is 3.00. The van der Waals surface area contributed by atoms with Crippen LogP contribution in [0, 0.1) is 0 Å². The predicted molar refractivity (Wildman–Crippen MR) is 115 cm³/mol. The number of hydrogen-bond donors (Lipinski definition) is 1. The van der Waals surface area contributed by atoms with Crippen molar-refractivity contribution < 1.29 is 9.53 Å². The number of rotatable bonds is 4. The standard InChI is InChI=1S/C23H23NO3S/c1-23(2,3)17-10-8-16(9-11-17)19(25)14-21-24-22(26)20(28-21)13-15-6-5-7-18(12-15)27-4/h5-14H,1-4H3,(H,24,26)/b20-13-,21-14-.